The van der Waals surface area contributed by atoms with E-state index in [0.717, 1.165) is 27.6 Å². The lowest BCUT2D eigenvalue weighted by Crippen LogP contribution is -1.99. The van der Waals surface area contributed by atoms with Gasteiger partial charge in [0.25, 0.3) is 0 Å². The minimum absolute atomic E-state index is 0.272. The predicted octanol–water partition coefficient (Wildman–Crippen LogP) is 4.31. The first-order valence-corrected chi connectivity index (χ1v) is 7.82. The van der Waals surface area contributed by atoms with Gasteiger partial charge in [-0.2, -0.15) is 10.5 Å². The first-order valence-electron chi connectivity index (χ1n) is 7.82. The first-order chi connectivity index (χ1) is 12.3. The molecular weight excluding hydrogens is 312 g/mol. The average Bonchev–Trinajstić information content (AvgIpc) is 2.67. The highest BCUT2D eigenvalue weighted by Crippen LogP contribution is 2.26. The summed E-state index contributed by atoms with van der Waals surface area (Å²) in [5, 5.41) is 20.5. The number of hydrogen-bond acceptors (Lipinski definition) is 4. The van der Waals surface area contributed by atoms with E-state index in [2.05, 4.69) is 12.1 Å². The molecule has 3 aromatic rings. The van der Waals surface area contributed by atoms with E-state index in [1.165, 1.54) is 0 Å². The Hall–Kier alpha value is -3.34. The monoisotopic (exact) mass is 328 g/mol. The molecule has 0 saturated heterocycles. The van der Waals surface area contributed by atoms with Gasteiger partial charge in [0.1, 0.15) is 11.8 Å². The van der Waals surface area contributed by atoms with Crippen LogP contribution in [0.4, 0.5) is 0 Å². The molecule has 0 unspecified atom stereocenters. The molecule has 0 amide bonds. The van der Waals surface area contributed by atoms with E-state index in [0.29, 0.717) is 17.7 Å². The number of nitriles is 2. The van der Waals surface area contributed by atoms with E-state index in [-0.39, 0.29) is 6.61 Å². The number of methoxy groups -OCH3 is 1. The zero-order chi connectivity index (χ0) is 17.6. The van der Waals surface area contributed by atoms with Crippen molar-refractivity contribution >= 4 is 10.8 Å². The second-order valence-electron chi connectivity index (χ2n) is 5.57. The molecule has 122 valence electrons. The van der Waals surface area contributed by atoms with Crippen molar-refractivity contribution in [1.29, 1.82) is 10.5 Å². The van der Waals surface area contributed by atoms with Gasteiger partial charge >= 0.3 is 0 Å². The predicted molar refractivity (Wildman–Crippen MR) is 94.9 cm³/mol. The first kappa shape index (κ1) is 16.5. The second-order valence-corrected chi connectivity index (χ2v) is 5.57. The molecule has 0 fully saturated rings. The Balaban J connectivity index is 1.83. The van der Waals surface area contributed by atoms with Crippen LogP contribution in [0.1, 0.15) is 22.3 Å². The molecule has 0 aliphatic rings. The summed E-state index contributed by atoms with van der Waals surface area (Å²) in [6, 6.07) is 21.3. The molecule has 0 heterocycles. The average molecular weight is 328 g/mol. The van der Waals surface area contributed by atoms with Gasteiger partial charge in [0.15, 0.2) is 0 Å². The molecule has 0 spiro atoms. The zero-order valence-electron chi connectivity index (χ0n) is 13.8. The Morgan fingerprint density at radius 2 is 1.60 bits per heavy atom. The fraction of sp³-hybridized carbons (Fsp3) is 0.143. The summed E-state index contributed by atoms with van der Waals surface area (Å²) in [5.41, 5.74) is 2.86. The van der Waals surface area contributed by atoms with Crippen LogP contribution in [0.2, 0.25) is 0 Å². The molecule has 0 aromatic heterocycles. The van der Waals surface area contributed by atoms with Crippen LogP contribution in [0.3, 0.4) is 0 Å². The van der Waals surface area contributed by atoms with E-state index < -0.39 is 0 Å². The molecule has 0 atom stereocenters. The highest BCUT2D eigenvalue weighted by Gasteiger charge is 2.12. The normalized spacial score (nSPS) is 10.2. The lowest BCUT2D eigenvalue weighted by Gasteiger charge is -2.10. The summed E-state index contributed by atoms with van der Waals surface area (Å²) in [5.74, 6) is 0.795. The smallest absolute Gasteiger partial charge is 0.118 e. The molecule has 3 aromatic carbocycles. The van der Waals surface area contributed by atoms with E-state index in [4.69, 9.17) is 9.47 Å². The number of hydrogen-bond donors (Lipinski definition) is 0. The Labute approximate surface area is 146 Å². The van der Waals surface area contributed by atoms with Gasteiger partial charge in [0.05, 0.1) is 37.5 Å². The highest BCUT2D eigenvalue weighted by molar-refractivity contribution is 5.93. The second kappa shape index (κ2) is 7.49. The minimum Gasteiger partial charge on any atom is -0.497 e. The molecule has 0 aliphatic carbocycles. The molecule has 0 saturated carbocycles. The van der Waals surface area contributed by atoms with Crippen molar-refractivity contribution in [3.63, 3.8) is 0 Å². The van der Waals surface area contributed by atoms with E-state index in [1.807, 2.05) is 48.5 Å². The Kier molecular flexibility index (Phi) is 4.95. The van der Waals surface area contributed by atoms with Gasteiger partial charge in [-0.25, -0.2) is 0 Å². The molecular formula is C21H16N2O2. The largest absolute Gasteiger partial charge is 0.497 e. The Bertz CT molecular complexity index is 980. The summed E-state index contributed by atoms with van der Waals surface area (Å²) >= 11 is 0. The van der Waals surface area contributed by atoms with Gasteiger partial charge in [-0.3, -0.25) is 0 Å². The van der Waals surface area contributed by atoms with Crippen LogP contribution in [0.5, 0.6) is 5.75 Å². The molecule has 0 N–H and O–H groups in total. The van der Waals surface area contributed by atoms with Crippen LogP contribution in [0, 0.1) is 22.7 Å². The van der Waals surface area contributed by atoms with Crippen molar-refractivity contribution in [1.82, 2.24) is 0 Å². The maximum Gasteiger partial charge on any atom is 0.118 e. The van der Waals surface area contributed by atoms with Crippen LogP contribution < -0.4 is 4.74 Å². The molecule has 0 bridgehead atoms. The number of benzene rings is 3. The van der Waals surface area contributed by atoms with Crippen molar-refractivity contribution in [2.45, 2.75) is 13.2 Å². The third kappa shape index (κ3) is 3.45. The van der Waals surface area contributed by atoms with Crippen molar-refractivity contribution < 1.29 is 9.47 Å². The molecule has 3 rings (SSSR count). The molecule has 4 heteroatoms. The van der Waals surface area contributed by atoms with E-state index in [1.54, 1.807) is 13.2 Å². The van der Waals surface area contributed by atoms with Gasteiger partial charge in [-0.15, -0.1) is 0 Å². The van der Waals surface area contributed by atoms with E-state index >= 15 is 0 Å². The molecule has 4 nitrogen and oxygen atoms in total. The SMILES string of the molecule is COc1ccc(COCc2cc(C#N)c3ccccc3c2C#N)cc1. The van der Waals surface area contributed by atoms with Gasteiger partial charge < -0.3 is 9.47 Å². The van der Waals surface area contributed by atoms with Gasteiger partial charge in [-0.05, 0) is 29.3 Å². The van der Waals surface area contributed by atoms with Gasteiger partial charge in [0.2, 0.25) is 0 Å². The topological polar surface area (TPSA) is 66.0 Å². The number of ether oxygens (including phenoxy) is 2. The summed E-state index contributed by atoms with van der Waals surface area (Å²) in [4.78, 5) is 0. The maximum atomic E-state index is 9.55. The third-order valence-corrected chi connectivity index (χ3v) is 4.04. The van der Waals surface area contributed by atoms with Gasteiger partial charge in [-0.1, -0.05) is 36.4 Å². The third-order valence-electron chi connectivity index (χ3n) is 4.04. The van der Waals surface area contributed by atoms with E-state index in [9.17, 15) is 10.5 Å². The summed E-state index contributed by atoms with van der Waals surface area (Å²) in [6.07, 6.45) is 0. The number of nitrogens with zero attached hydrogens (tertiary/aromatic N) is 2. The minimum atomic E-state index is 0.272. The number of rotatable bonds is 5. The summed E-state index contributed by atoms with van der Waals surface area (Å²) in [6.45, 7) is 0.692. The van der Waals surface area contributed by atoms with Crippen molar-refractivity contribution in [2.75, 3.05) is 7.11 Å². The maximum absolute atomic E-state index is 9.55. The lowest BCUT2D eigenvalue weighted by atomic mass is 9.96. The zero-order valence-corrected chi connectivity index (χ0v) is 13.8. The van der Waals surface area contributed by atoms with Crippen LogP contribution in [0.25, 0.3) is 10.8 Å². The standard InChI is InChI=1S/C21H16N2O2/c1-24-18-8-6-15(7-9-18)13-25-14-17-10-16(11-22)19-4-2-3-5-20(19)21(17)12-23/h2-10H,13-14H2,1H3. The van der Waals surface area contributed by atoms with Crippen molar-refractivity contribution in [2.24, 2.45) is 0 Å². The van der Waals surface area contributed by atoms with Crippen LogP contribution in [-0.4, -0.2) is 7.11 Å². The fourth-order valence-electron chi connectivity index (χ4n) is 2.77. The van der Waals surface area contributed by atoms with Crippen LogP contribution >= 0.6 is 0 Å². The Morgan fingerprint density at radius 1 is 0.880 bits per heavy atom. The van der Waals surface area contributed by atoms with Crippen molar-refractivity contribution in [3.8, 4) is 17.9 Å². The quantitative estimate of drug-likeness (QED) is 0.700. The summed E-state index contributed by atoms with van der Waals surface area (Å²) in [7, 11) is 1.63. The lowest BCUT2D eigenvalue weighted by molar-refractivity contribution is 0.107. The molecule has 25 heavy (non-hydrogen) atoms. The number of fused-ring (bicyclic) bond motifs is 1. The highest BCUT2D eigenvalue weighted by atomic mass is 16.5. The van der Waals surface area contributed by atoms with Crippen LogP contribution in [0.15, 0.2) is 54.6 Å². The molecule has 0 radical (unpaired) electrons. The fourth-order valence-corrected chi connectivity index (χ4v) is 2.77. The van der Waals surface area contributed by atoms with Crippen LogP contribution in [-0.2, 0) is 18.0 Å². The van der Waals surface area contributed by atoms with Crippen molar-refractivity contribution in [3.05, 3.63) is 76.9 Å². The molecule has 0 aliphatic heterocycles. The Morgan fingerprint density at radius 3 is 2.24 bits per heavy atom. The van der Waals surface area contributed by atoms with Gasteiger partial charge in [0, 0.05) is 10.8 Å². The summed E-state index contributed by atoms with van der Waals surface area (Å²) < 4.78 is 10.9.